The lowest BCUT2D eigenvalue weighted by atomic mass is 9.56. The van der Waals surface area contributed by atoms with Crippen LogP contribution < -0.4 is 0 Å². The number of rotatable bonds is 2. The van der Waals surface area contributed by atoms with Crippen LogP contribution >= 0.6 is 15.9 Å². The van der Waals surface area contributed by atoms with Gasteiger partial charge in [-0.25, -0.2) is 4.68 Å². The Balaban J connectivity index is 1.61. The van der Waals surface area contributed by atoms with Crippen LogP contribution in [0.25, 0.3) is 16.9 Å². The van der Waals surface area contributed by atoms with Gasteiger partial charge in [0.25, 0.3) is 0 Å². The highest BCUT2D eigenvalue weighted by molar-refractivity contribution is 9.10. The summed E-state index contributed by atoms with van der Waals surface area (Å²) in [4.78, 5) is 4.36. The zero-order chi connectivity index (χ0) is 21.2. The number of fused-ring (bicyclic) bond motifs is 4. The fourth-order valence-corrected chi connectivity index (χ4v) is 6.21. The largest absolute Gasteiger partial charge is 0.361 e. The van der Waals surface area contributed by atoms with Gasteiger partial charge in [0.1, 0.15) is 5.76 Å². The van der Waals surface area contributed by atoms with Gasteiger partial charge in [0.2, 0.25) is 0 Å². The second-order valence-electron chi connectivity index (χ2n) is 9.05. The molecule has 3 heterocycles. The second-order valence-corrected chi connectivity index (χ2v) is 9.96. The predicted octanol–water partition coefficient (Wildman–Crippen LogP) is 5.86. The van der Waals surface area contributed by atoms with Gasteiger partial charge in [-0.15, -0.1) is 0 Å². The van der Waals surface area contributed by atoms with Gasteiger partial charge in [0, 0.05) is 44.9 Å². The molecule has 0 saturated heterocycles. The predicted molar refractivity (Wildman–Crippen MR) is 122 cm³/mol. The molecule has 2 aliphatic rings. The summed E-state index contributed by atoms with van der Waals surface area (Å²) in [6, 6.07) is 12.5. The molecule has 0 saturated carbocycles. The minimum atomic E-state index is -0.0495. The van der Waals surface area contributed by atoms with E-state index in [1.165, 1.54) is 16.8 Å². The zero-order valence-electron chi connectivity index (χ0n) is 17.5. The summed E-state index contributed by atoms with van der Waals surface area (Å²) in [6.07, 6.45) is 8.68. The molecule has 0 unspecified atom stereocenters. The van der Waals surface area contributed by atoms with E-state index in [9.17, 15) is 0 Å². The Labute approximate surface area is 189 Å². The van der Waals surface area contributed by atoms with Crippen LogP contribution in [0.3, 0.4) is 0 Å². The van der Waals surface area contributed by atoms with Gasteiger partial charge in [-0.1, -0.05) is 34.9 Å². The van der Waals surface area contributed by atoms with E-state index in [4.69, 9.17) is 9.62 Å². The Morgan fingerprint density at radius 3 is 2.77 bits per heavy atom. The van der Waals surface area contributed by atoms with Gasteiger partial charge in [-0.2, -0.15) is 5.10 Å². The molecule has 0 spiro atoms. The highest BCUT2D eigenvalue weighted by atomic mass is 79.9. The maximum Gasteiger partial charge on any atom is 0.143 e. The number of aromatic nitrogens is 4. The molecule has 4 aromatic rings. The van der Waals surface area contributed by atoms with Crippen LogP contribution in [0.15, 0.2) is 64.0 Å². The molecule has 0 fully saturated rings. The van der Waals surface area contributed by atoms with Crippen LogP contribution in [0.4, 0.5) is 0 Å². The molecule has 31 heavy (non-hydrogen) atoms. The van der Waals surface area contributed by atoms with Crippen molar-refractivity contribution in [2.75, 3.05) is 0 Å². The average Bonchev–Trinajstić information content (AvgIpc) is 3.40. The first-order valence-electron chi connectivity index (χ1n) is 10.8. The average molecular weight is 475 g/mol. The van der Waals surface area contributed by atoms with E-state index in [1.54, 1.807) is 0 Å². The highest BCUT2D eigenvalue weighted by Gasteiger charge is 2.51. The first-order chi connectivity index (χ1) is 15.1. The van der Waals surface area contributed by atoms with Gasteiger partial charge < -0.3 is 4.52 Å². The molecular weight excluding hydrogens is 452 g/mol. The van der Waals surface area contributed by atoms with Gasteiger partial charge in [0.15, 0.2) is 0 Å². The lowest BCUT2D eigenvalue weighted by Crippen LogP contribution is -2.45. The van der Waals surface area contributed by atoms with E-state index in [0.717, 1.165) is 46.4 Å². The minimum absolute atomic E-state index is 0.0495. The minimum Gasteiger partial charge on any atom is -0.361 e. The highest BCUT2D eigenvalue weighted by Crippen LogP contribution is 2.55. The summed E-state index contributed by atoms with van der Waals surface area (Å²) in [6.45, 7) is 4.70. The molecule has 156 valence electrons. The van der Waals surface area contributed by atoms with Crippen molar-refractivity contribution < 1.29 is 4.52 Å². The Bertz CT molecular complexity index is 1260. The fraction of sp³-hybridized carbons (Fsp3) is 0.320. The molecule has 6 rings (SSSR count). The smallest absolute Gasteiger partial charge is 0.143 e. The lowest BCUT2D eigenvalue weighted by molar-refractivity contribution is 0.170. The second kappa shape index (κ2) is 6.89. The third-order valence-corrected chi connectivity index (χ3v) is 7.83. The van der Waals surface area contributed by atoms with E-state index in [0.29, 0.717) is 11.8 Å². The number of halogens is 1. The summed E-state index contributed by atoms with van der Waals surface area (Å²) in [5.41, 5.74) is 7.06. The van der Waals surface area contributed by atoms with Crippen LogP contribution in [0.1, 0.15) is 48.8 Å². The molecule has 1 aromatic carbocycles. The first kappa shape index (κ1) is 19.0. The Morgan fingerprint density at radius 1 is 1.16 bits per heavy atom. The van der Waals surface area contributed by atoms with E-state index in [2.05, 4.69) is 74.9 Å². The number of benzene rings is 1. The van der Waals surface area contributed by atoms with Gasteiger partial charge in [-0.3, -0.25) is 4.98 Å². The summed E-state index contributed by atoms with van der Waals surface area (Å²) < 4.78 is 8.91. The molecule has 2 aliphatic carbocycles. The lowest BCUT2D eigenvalue weighted by Gasteiger charge is -2.47. The van der Waals surface area contributed by atoms with Crippen LogP contribution in [-0.4, -0.2) is 19.9 Å². The third-order valence-electron chi connectivity index (χ3n) is 7.31. The zero-order valence-corrected chi connectivity index (χ0v) is 19.1. The van der Waals surface area contributed by atoms with Crippen LogP contribution in [0.5, 0.6) is 0 Å². The van der Waals surface area contributed by atoms with Crippen molar-refractivity contribution in [2.45, 2.75) is 44.4 Å². The van der Waals surface area contributed by atoms with Gasteiger partial charge in [-0.05, 0) is 61.6 Å². The molecule has 3 aromatic heterocycles. The number of nitrogens with zero attached hydrogens (tertiary/aromatic N) is 4. The number of pyridine rings is 1. The van der Waals surface area contributed by atoms with E-state index in [-0.39, 0.29) is 5.41 Å². The molecule has 0 radical (unpaired) electrons. The Morgan fingerprint density at radius 2 is 2.00 bits per heavy atom. The van der Waals surface area contributed by atoms with Crippen molar-refractivity contribution in [3.8, 4) is 16.9 Å². The van der Waals surface area contributed by atoms with Crippen molar-refractivity contribution in [3.05, 3.63) is 82.0 Å². The first-order valence-corrected chi connectivity index (χ1v) is 11.6. The topological polar surface area (TPSA) is 56.7 Å². The van der Waals surface area contributed by atoms with E-state index < -0.39 is 0 Å². The Kier molecular flexibility index (Phi) is 4.22. The molecule has 3 atom stereocenters. The van der Waals surface area contributed by atoms with Gasteiger partial charge >= 0.3 is 0 Å². The molecular formula is C25H23BrN4O. The molecule has 6 heteroatoms. The molecule has 0 N–H and O–H groups in total. The maximum absolute atomic E-state index is 5.67. The summed E-state index contributed by atoms with van der Waals surface area (Å²) in [7, 11) is 0. The monoisotopic (exact) mass is 474 g/mol. The quantitative estimate of drug-likeness (QED) is 0.364. The number of hydrogen-bond acceptors (Lipinski definition) is 4. The normalized spacial score (nSPS) is 24.4. The number of hydrogen-bond donors (Lipinski definition) is 0. The maximum atomic E-state index is 5.67. The third kappa shape index (κ3) is 2.77. The SMILES string of the molecule is C[C@H]1c2oncc2C[C@@]2(C)c3c(c(-c4cccnc4)nn3-c3ccc(Br)cc3)CC[C@H]12. The van der Waals surface area contributed by atoms with Crippen LogP contribution in [-0.2, 0) is 18.3 Å². The van der Waals surface area contributed by atoms with E-state index in [1.807, 2.05) is 24.7 Å². The van der Waals surface area contributed by atoms with E-state index >= 15 is 0 Å². The molecule has 5 nitrogen and oxygen atoms in total. The van der Waals surface area contributed by atoms with Gasteiger partial charge in [0.05, 0.1) is 23.3 Å². The van der Waals surface area contributed by atoms with Crippen LogP contribution in [0.2, 0.25) is 0 Å². The fourth-order valence-electron chi connectivity index (χ4n) is 5.94. The molecule has 0 amide bonds. The summed E-state index contributed by atoms with van der Waals surface area (Å²) in [5, 5.41) is 9.32. The Hall–Kier alpha value is -2.73. The molecule has 0 bridgehead atoms. The standard InChI is InChI=1S/C25H23BrN4O/c1-15-21-10-9-20-22(16-4-3-11-27-13-16)29-30(19-7-5-18(26)6-8-19)24(20)25(21,2)12-17-14-28-31-23(15)17/h3-8,11,13-15,21H,9-10,12H2,1-2H3/t15-,21-,25-/m1/s1. The van der Waals surface area contributed by atoms with Crippen molar-refractivity contribution in [2.24, 2.45) is 5.92 Å². The van der Waals surface area contributed by atoms with Crippen molar-refractivity contribution in [1.82, 2.24) is 19.9 Å². The van der Waals surface area contributed by atoms with Crippen molar-refractivity contribution in [3.63, 3.8) is 0 Å². The summed E-state index contributed by atoms with van der Waals surface area (Å²) in [5.74, 6) is 1.88. The van der Waals surface area contributed by atoms with Crippen LogP contribution in [0, 0.1) is 5.92 Å². The summed E-state index contributed by atoms with van der Waals surface area (Å²) >= 11 is 3.57. The van der Waals surface area contributed by atoms with Crippen molar-refractivity contribution >= 4 is 15.9 Å². The molecule has 0 aliphatic heterocycles. The van der Waals surface area contributed by atoms with Crippen molar-refractivity contribution in [1.29, 1.82) is 0 Å².